The summed E-state index contributed by atoms with van der Waals surface area (Å²) in [5.41, 5.74) is -0.423. The number of epoxide rings is 1. The van der Waals surface area contributed by atoms with Crippen LogP contribution in [0.3, 0.4) is 0 Å². The van der Waals surface area contributed by atoms with Crippen molar-refractivity contribution in [2.24, 2.45) is 5.92 Å². The number of carbonyl (C=O) groups is 3. The van der Waals surface area contributed by atoms with Crippen LogP contribution in [-0.4, -0.2) is 110 Å². The van der Waals surface area contributed by atoms with Gasteiger partial charge in [-0.05, 0) is 50.6 Å². The van der Waals surface area contributed by atoms with Crippen LogP contribution in [0.4, 0.5) is 10.5 Å². The number of nitrogens with one attached hydrogen (secondary N) is 1. The quantitative estimate of drug-likeness (QED) is 0.265. The molecular formula is C35H50ClN3O9S. The number of hydrogen-bond acceptors (Lipinski definition) is 10. The van der Waals surface area contributed by atoms with Gasteiger partial charge in [-0.25, -0.2) is 4.79 Å². The van der Waals surface area contributed by atoms with E-state index >= 15 is 0 Å². The number of nitrogens with zero attached hydrogens (tertiary/aromatic N) is 2. The Kier molecular flexibility index (Phi) is 12.8. The smallest absolute Gasteiger partial charge is 0.409 e. The van der Waals surface area contributed by atoms with Crippen molar-refractivity contribution >= 4 is 47.8 Å². The number of allylic oxidation sites excluding steroid dienone is 3. The Morgan fingerprint density at radius 3 is 2.67 bits per heavy atom. The molecule has 8 atom stereocenters. The lowest BCUT2D eigenvalue weighted by Gasteiger charge is -2.42. The minimum Gasteiger partial charge on any atom is -0.495 e. The number of anilines is 1. The molecule has 2 saturated heterocycles. The molecule has 2 fully saturated rings. The molecule has 14 heteroatoms. The van der Waals surface area contributed by atoms with Gasteiger partial charge in [0.1, 0.15) is 28.6 Å². The highest BCUT2D eigenvalue weighted by molar-refractivity contribution is 7.80. The average molecular weight is 724 g/mol. The van der Waals surface area contributed by atoms with Crippen LogP contribution in [0.25, 0.3) is 0 Å². The molecule has 1 aromatic rings. The van der Waals surface area contributed by atoms with Crippen molar-refractivity contribution in [3.63, 3.8) is 0 Å². The van der Waals surface area contributed by atoms with Crippen LogP contribution < -0.4 is 15.0 Å². The number of benzene rings is 1. The van der Waals surface area contributed by atoms with E-state index in [1.54, 1.807) is 31.1 Å². The molecule has 4 rings (SSSR count). The van der Waals surface area contributed by atoms with Gasteiger partial charge in [0.2, 0.25) is 11.8 Å². The van der Waals surface area contributed by atoms with E-state index in [0.717, 1.165) is 11.1 Å². The van der Waals surface area contributed by atoms with Gasteiger partial charge in [0.25, 0.3) is 0 Å². The van der Waals surface area contributed by atoms with Crippen molar-refractivity contribution in [3.8, 4) is 5.75 Å². The van der Waals surface area contributed by atoms with Crippen LogP contribution in [0, 0.1) is 5.92 Å². The first-order valence-corrected chi connectivity index (χ1v) is 17.5. The first kappa shape index (κ1) is 39.0. The molecule has 0 aromatic heterocycles. The van der Waals surface area contributed by atoms with E-state index in [1.165, 1.54) is 19.1 Å². The van der Waals surface area contributed by atoms with Crippen molar-refractivity contribution in [3.05, 3.63) is 46.5 Å². The van der Waals surface area contributed by atoms with Crippen molar-refractivity contribution < 1.29 is 43.2 Å². The minimum absolute atomic E-state index is 0.0216. The van der Waals surface area contributed by atoms with Gasteiger partial charge in [-0.15, -0.1) is 0 Å². The zero-order valence-corrected chi connectivity index (χ0v) is 31.2. The number of likely N-dealkylation sites (N-methyl/N-ethyl adjacent to an activating group) is 1. The molecule has 0 spiro atoms. The second-order valence-electron chi connectivity index (χ2n) is 13.4. The van der Waals surface area contributed by atoms with Crippen LogP contribution in [0.2, 0.25) is 5.02 Å². The summed E-state index contributed by atoms with van der Waals surface area (Å²) in [5, 5.41) is 14.5. The van der Waals surface area contributed by atoms with E-state index < -0.39 is 47.8 Å². The van der Waals surface area contributed by atoms with Crippen molar-refractivity contribution in [1.29, 1.82) is 0 Å². The van der Waals surface area contributed by atoms with Crippen LogP contribution in [-0.2, 0) is 35.0 Å². The first-order chi connectivity index (χ1) is 23.1. The molecule has 0 unspecified atom stereocenters. The topological polar surface area (TPSA) is 139 Å². The predicted octanol–water partition coefficient (Wildman–Crippen LogP) is 4.31. The van der Waals surface area contributed by atoms with Gasteiger partial charge >= 0.3 is 6.09 Å². The highest BCUT2D eigenvalue weighted by Gasteiger charge is 2.63. The lowest BCUT2D eigenvalue weighted by Crippen LogP contribution is -2.63. The van der Waals surface area contributed by atoms with E-state index in [2.05, 4.69) is 17.9 Å². The zero-order valence-electron chi connectivity index (χ0n) is 29.5. The predicted molar refractivity (Wildman–Crippen MR) is 189 cm³/mol. The number of methoxy groups -OCH3 is 2. The summed E-state index contributed by atoms with van der Waals surface area (Å²) in [6.07, 6.45) is 2.42. The van der Waals surface area contributed by atoms with Gasteiger partial charge in [-0.3, -0.25) is 14.9 Å². The summed E-state index contributed by atoms with van der Waals surface area (Å²) < 4.78 is 29.7. The van der Waals surface area contributed by atoms with Gasteiger partial charge in [-0.1, -0.05) is 42.3 Å². The number of ether oxygens (including phenoxy) is 5. The lowest BCUT2D eigenvalue weighted by atomic mass is 9.83. The maximum atomic E-state index is 14.0. The molecule has 49 heavy (non-hydrogen) atoms. The summed E-state index contributed by atoms with van der Waals surface area (Å²) in [7, 11) is 6.34. The average Bonchev–Trinajstić information content (AvgIpc) is 3.75. The van der Waals surface area contributed by atoms with E-state index in [0.29, 0.717) is 28.6 Å². The SMILES string of the molecule is COc1cc2cc(c1Cl)N(C)C(=O)C[C@H](OC[C@H](C)N(C)C(=O)CCS)[C@]1(C)O[C@H]1[C@H](C)[C@@H]1C[C@@](O)(NC(=O)O1)[C@@H](OC)/C=C\C=C(/C)C2. The summed E-state index contributed by atoms with van der Waals surface area (Å²) in [6, 6.07) is 3.38. The molecule has 272 valence electrons. The first-order valence-electron chi connectivity index (χ1n) is 16.4. The fourth-order valence-corrected chi connectivity index (χ4v) is 7.06. The third kappa shape index (κ3) is 8.74. The largest absolute Gasteiger partial charge is 0.495 e. The van der Waals surface area contributed by atoms with Crippen molar-refractivity contribution in [2.75, 3.05) is 45.6 Å². The highest BCUT2D eigenvalue weighted by atomic mass is 35.5. The van der Waals surface area contributed by atoms with Crippen LogP contribution in [0.15, 0.2) is 35.9 Å². The number of hydrogen-bond donors (Lipinski definition) is 3. The van der Waals surface area contributed by atoms with Crippen LogP contribution >= 0.6 is 24.2 Å². The molecule has 3 amide bonds. The molecule has 3 aliphatic rings. The van der Waals surface area contributed by atoms with Gasteiger partial charge in [-0.2, -0.15) is 12.6 Å². The number of halogens is 1. The summed E-state index contributed by atoms with van der Waals surface area (Å²) >= 11 is 10.9. The Morgan fingerprint density at radius 2 is 2.02 bits per heavy atom. The molecule has 0 saturated carbocycles. The molecule has 0 aliphatic carbocycles. The Labute approximate surface area is 299 Å². The standard InChI is InChI=1S/C35H50ClN3O9S/c1-20-10-9-11-27(45-8)35(43)18-26(47-33(42)37-35)22(3)32-34(4,48-32)28(46-19-21(2)38(5)29(40)12-13-49)17-30(41)39(6)24-15-23(14-20)16-25(44-7)31(24)36/h9-11,15-16,21-22,26-28,32,43,49H,12-14,17-19H2,1-8H3,(H,37,42)/b11-9-,20-10+/t21-,22+,26-,27-,28-,32-,34-,35-/m0/s1. The number of aliphatic hydroxyl groups is 1. The third-order valence-corrected chi connectivity index (χ3v) is 10.5. The van der Waals surface area contributed by atoms with E-state index in [9.17, 15) is 19.5 Å². The van der Waals surface area contributed by atoms with Crippen LogP contribution in [0.5, 0.6) is 5.75 Å². The van der Waals surface area contributed by atoms with Crippen molar-refractivity contribution in [1.82, 2.24) is 10.2 Å². The van der Waals surface area contributed by atoms with E-state index in [4.69, 9.17) is 35.3 Å². The molecule has 2 N–H and O–H groups in total. The number of thiol groups is 1. The minimum atomic E-state index is -1.76. The second-order valence-corrected chi connectivity index (χ2v) is 14.3. The fraction of sp³-hybridized carbons (Fsp3) is 0.629. The van der Waals surface area contributed by atoms with Gasteiger partial charge < -0.3 is 38.6 Å². The maximum Gasteiger partial charge on any atom is 0.409 e. The number of fused-ring (bicyclic) bond motifs is 5. The van der Waals surface area contributed by atoms with Crippen LogP contribution in [0.1, 0.15) is 52.5 Å². The lowest BCUT2D eigenvalue weighted by molar-refractivity contribution is -0.142. The molecule has 4 bridgehead atoms. The molecule has 1 aromatic carbocycles. The Balaban J connectivity index is 1.75. The fourth-order valence-electron chi connectivity index (χ4n) is 6.56. The van der Waals surface area contributed by atoms with E-state index in [1.807, 2.05) is 45.9 Å². The summed E-state index contributed by atoms with van der Waals surface area (Å²) in [5.74, 6) is 0.101. The number of amides is 3. The molecule has 0 radical (unpaired) electrons. The van der Waals surface area contributed by atoms with Gasteiger partial charge in [0, 0.05) is 40.0 Å². The van der Waals surface area contributed by atoms with Gasteiger partial charge in [0.05, 0.1) is 44.1 Å². The normalized spacial score (nSPS) is 32.9. The third-order valence-electron chi connectivity index (χ3n) is 9.87. The molecular weight excluding hydrogens is 674 g/mol. The van der Waals surface area contributed by atoms with Gasteiger partial charge in [0.15, 0.2) is 5.72 Å². The Morgan fingerprint density at radius 1 is 1.31 bits per heavy atom. The number of rotatable bonds is 8. The summed E-state index contributed by atoms with van der Waals surface area (Å²) in [4.78, 5) is 42.5. The van der Waals surface area contributed by atoms with E-state index in [-0.39, 0.29) is 43.7 Å². The number of carbonyl (C=O) groups excluding carboxylic acids is 3. The highest BCUT2D eigenvalue weighted by Crippen LogP contribution is 2.49. The molecule has 12 nitrogen and oxygen atoms in total. The monoisotopic (exact) mass is 723 g/mol. The maximum absolute atomic E-state index is 14.0. The Bertz CT molecular complexity index is 1460. The summed E-state index contributed by atoms with van der Waals surface area (Å²) in [6.45, 7) is 7.69. The second kappa shape index (κ2) is 16.0. The molecule has 3 heterocycles. The zero-order chi connectivity index (χ0) is 36.3. The number of alkyl carbamates (subject to hydrolysis) is 1. The Hall–Kier alpha value is -2.81. The van der Waals surface area contributed by atoms with Crippen molar-refractivity contribution in [2.45, 2.75) is 95.2 Å². The molecule has 3 aliphatic heterocycles.